The summed E-state index contributed by atoms with van der Waals surface area (Å²) in [5, 5.41) is 4.48. The molecule has 0 N–H and O–H groups in total. The minimum absolute atomic E-state index is 0.0510. The third kappa shape index (κ3) is 3.57. The molecule has 4 aliphatic rings. The van der Waals surface area contributed by atoms with Gasteiger partial charge in [-0.2, -0.15) is 0 Å². The van der Waals surface area contributed by atoms with Crippen LogP contribution in [-0.4, -0.2) is 24.0 Å². The molecule has 3 aliphatic carbocycles. The third-order valence-corrected chi connectivity index (χ3v) is 7.11. The third-order valence-electron chi connectivity index (χ3n) is 7.11. The molecule has 0 saturated heterocycles. The Bertz CT molecular complexity index is 947. The number of fused-ring (bicyclic) bond motifs is 1. The highest BCUT2D eigenvalue weighted by Crippen LogP contribution is 2.42. The Kier molecular flexibility index (Phi) is 4.47. The van der Waals surface area contributed by atoms with Gasteiger partial charge in [-0.25, -0.2) is 0 Å². The van der Waals surface area contributed by atoms with Crippen LogP contribution >= 0.6 is 0 Å². The normalized spacial score (nSPS) is 22.1. The average Bonchev–Trinajstić information content (AvgIpc) is 3.14. The lowest BCUT2D eigenvalue weighted by Crippen LogP contribution is -2.24. The SMILES string of the molecule is c1ccc2c(c1)CC(Oc1cc(C3=NOC4(CCCC4)C3)ccc1OCC1CC1)C2. The quantitative estimate of drug-likeness (QED) is 0.643. The van der Waals surface area contributed by atoms with Crippen LogP contribution in [-0.2, 0) is 17.7 Å². The fraction of sp³-hybridized carbons (Fsp3) is 0.500. The van der Waals surface area contributed by atoms with E-state index in [-0.39, 0.29) is 11.7 Å². The van der Waals surface area contributed by atoms with Gasteiger partial charge in [-0.15, -0.1) is 0 Å². The summed E-state index contributed by atoms with van der Waals surface area (Å²) < 4.78 is 12.7. The van der Waals surface area contributed by atoms with E-state index in [9.17, 15) is 0 Å². The molecule has 1 spiro atoms. The molecule has 0 aromatic heterocycles. The van der Waals surface area contributed by atoms with Gasteiger partial charge in [-0.1, -0.05) is 29.4 Å². The van der Waals surface area contributed by atoms with E-state index in [0.717, 1.165) is 61.5 Å². The van der Waals surface area contributed by atoms with Gasteiger partial charge in [-0.05, 0) is 73.8 Å². The first-order chi connectivity index (χ1) is 14.8. The van der Waals surface area contributed by atoms with E-state index in [1.54, 1.807) is 0 Å². The number of rotatable bonds is 6. The van der Waals surface area contributed by atoms with Gasteiger partial charge in [-0.3, -0.25) is 0 Å². The summed E-state index contributed by atoms with van der Waals surface area (Å²) in [5.41, 5.74) is 4.89. The number of benzene rings is 2. The Morgan fingerprint density at radius 3 is 2.47 bits per heavy atom. The van der Waals surface area contributed by atoms with Crippen LogP contribution in [0.25, 0.3) is 0 Å². The zero-order valence-corrected chi connectivity index (χ0v) is 17.4. The van der Waals surface area contributed by atoms with Gasteiger partial charge >= 0.3 is 0 Å². The van der Waals surface area contributed by atoms with E-state index >= 15 is 0 Å². The largest absolute Gasteiger partial charge is 0.489 e. The van der Waals surface area contributed by atoms with Crippen molar-refractivity contribution in [2.45, 2.75) is 69.5 Å². The Hall–Kier alpha value is -2.49. The first kappa shape index (κ1) is 18.3. The second-order valence-corrected chi connectivity index (χ2v) is 9.53. The van der Waals surface area contributed by atoms with Gasteiger partial charge in [0, 0.05) is 24.8 Å². The Labute approximate surface area is 178 Å². The van der Waals surface area contributed by atoms with Crippen LogP contribution < -0.4 is 9.47 Å². The van der Waals surface area contributed by atoms with Crippen molar-refractivity contribution in [3.63, 3.8) is 0 Å². The Morgan fingerprint density at radius 2 is 1.73 bits per heavy atom. The highest BCUT2D eigenvalue weighted by molar-refractivity contribution is 6.02. The molecule has 0 amide bonds. The van der Waals surface area contributed by atoms with Crippen molar-refractivity contribution in [2.75, 3.05) is 6.61 Å². The average molecular weight is 404 g/mol. The predicted molar refractivity (Wildman–Crippen MR) is 116 cm³/mol. The summed E-state index contributed by atoms with van der Waals surface area (Å²) >= 11 is 0. The molecule has 0 unspecified atom stereocenters. The molecule has 2 saturated carbocycles. The van der Waals surface area contributed by atoms with E-state index in [4.69, 9.17) is 14.3 Å². The maximum Gasteiger partial charge on any atom is 0.162 e. The van der Waals surface area contributed by atoms with Crippen LogP contribution in [0.5, 0.6) is 11.5 Å². The lowest BCUT2D eigenvalue weighted by atomic mass is 9.93. The summed E-state index contributed by atoms with van der Waals surface area (Å²) in [6, 6.07) is 15.0. The topological polar surface area (TPSA) is 40.0 Å². The summed E-state index contributed by atoms with van der Waals surface area (Å²) in [6.45, 7) is 0.785. The summed E-state index contributed by atoms with van der Waals surface area (Å²) in [4.78, 5) is 5.92. The maximum absolute atomic E-state index is 6.54. The second kappa shape index (κ2) is 7.33. The molecule has 4 nitrogen and oxygen atoms in total. The first-order valence-electron chi connectivity index (χ1n) is 11.5. The predicted octanol–water partition coefficient (Wildman–Crippen LogP) is 5.46. The Morgan fingerprint density at radius 1 is 0.967 bits per heavy atom. The minimum atomic E-state index is -0.0510. The molecule has 4 heteroatoms. The van der Waals surface area contributed by atoms with Crippen molar-refractivity contribution in [1.82, 2.24) is 0 Å². The molecule has 0 radical (unpaired) electrons. The lowest BCUT2D eigenvalue weighted by Gasteiger charge is -2.20. The minimum Gasteiger partial charge on any atom is -0.489 e. The van der Waals surface area contributed by atoms with E-state index in [2.05, 4.69) is 47.6 Å². The summed E-state index contributed by atoms with van der Waals surface area (Å²) in [6.07, 6.45) is 10.3. The maximum atomic E-state index is 6.54. The molecule has 0 bridgehead atoms. The highest BCUT2D eigenvalue weighted by Gasteiger charge is 2.42. The first-order valence-corrected chi connectivity index (χ1v) is 11.5. The van der Waals surface area contributed by atoms with Crippen molar-refractivity contribution in [2.24, 2.45) is 11.1 Å². The lowest BCUT2D eigenvalue weighted by molar-refractivity contribution is -0.0126. The monoisotopic (exact) mass is 403 g/mol. The van der Waals surface area contributed by atoms with Gasteiger partial charge < -0.3 is 14.3 Å². The molecular formula is C26H29NO3. The fourth-order valence-corrected chi connectivity index (χ4v) is 5.14. The molecule has 6 rings (SSSR count). The van der Waals surface area contributed by atoms with E-state index in [1.165, 1.54) is 36.8 Å². The number of ether oxygens (including phenoxy) is 2. The van der Waals surface area contributed by atoms with Crippen molar-refractivity contribution in [1.29, 1.82) is 0 Å². The summed E-state index contributed by atoms with van der Waals surface area (Å²) in [5.74, 6) is 2.42. The highest BCUT2D eigenvalue weighted by atomic mass is 16.7. The van der Waals surface area contributed by atoms with Gasteiger partial charge in [0.1, 0.15) is 11.7 Å². The Balaban J connectivity index is 1.23. The second-order valence-electron chi connectivity index (χ2n) is 9.53. The fourth-order valence-electron chi connectivity index (χ4n) is 5.14. The summed E-state index contributed by atoms with van der Waals surface area (Å²) in [7, 11) is 0. The van der Waals surface area contributed by atoms with Gasteiger partial charge in [0.2, 0.25) is 0 Å². The molecule has 0 atom stereocenters. The van der Waals surface area contributed by atoms with Crippen LogP contribution in [0.2, 0.25) is 0 Å². The van der Waals surface area contributed by atoms with E-state index in [0.29, 0.717) is 5.92 Å². The van der Waals surface area contributed by atoms with Crippen molar-refractivity contribution >= 4 is 5.71 Å². The molecule has 1 heterocycles. The van der Waals surface area contributed by atoms with Crippen LogP contribution in [0.4, 0.5) is 0 Å². The van der Waals surface area contributed by atoms with Crippen LogP contribution in [0.15, 0.2) is 47.6 Å². The van der Waals surface area contributed by atoms with Crippen LogP contribution in [0.3, 0.4) is 0 Å². The smallest absolute Gasteiger partial charge is 0.162 e. The molecule has 2 aromatic rings. The van der Waals surface area contributed by atoms with Gasteiger partial charge in [0.05, 0.1) is 12.3 Å². The van der Waals surface area contributed by atoms with Crippen molar-refractivity contribution in [3.05, 3.63) is 59.2 Å². The molecular weight excluding hydrogens is 374 g/mol. The van der Waals surface area contributed by atoms with Crippen LogP contribution in [0.1, 0.15) is 61.6 Å². The number of nitrogens with zero attached hydrogens (tertiary/aromatic N) is 1. The number of hydrogen-bond donors (Lipinski definition) is 0. The van der Waals surface area contributed by atoms with E-state index in [1.807, 2.05) is 0 Å². The molecule has 156 valence electrons. The van der Waals surface area contributed by atoms with Gasteiger partial charge in [0.25, 0.3) is 0 Å². The van der Waals surface area contributed by atoms with Crippen LogP contribution in [0, 0.1) is 5.92 Å². The van der Waals surface area contributed by atoms with Crippen molar-refractivity contribution < 1.29 is 14.3 Å². The molecule has 2 aromatic carbocycles. The molecule has 30 heavy (non-hydrogen) atoms. The zero-order valence-electron chi connectivity index (χ0n) is 17.4. The number of hydrogen-bond acceptors (Lipinski definition) is 4. The van der Waals surface area contributed by atoms with E-state index < -0.39 is 0 Å². The zero-order chi connectivity index (χ0) is 20.0. The van der Waals surface area contributed by atoms with Gasteiger partial charge in [0.15, 0.2) is 11.5 Å². The number of oxime groups is 1. The molecule has 1 aliphatic heterocycles. The standard InChI is InChI=1S/C26H29NO3/c1-2-6-20-14-22(13-19(20)5-1)29-25-15-21(9-10-24(25)28-17-18-7-8-18)23-16-26(30-27-23)11-3-4-12-26/h1-2,5-6,9-10,15,18,22H,3-4,7-8,11-14,16-17H2. The molecule has 2 fully saturated rings. The van der Waals surface area contributed by atoms with Crippen molar-refractivity contribution in [3.8, 4) is 11.5 Å².